The average molecular weight is 339 g/mol. The lowest BCUT2D eigenvalue weighted by molar-refractivity contribution is -0.386. The highest BCUT2D eigenvalue weighted by Gasteiger charge is 2.20. The smallest absolute Gasteiger partial charge is 0.349 e. The van der Waals surface area contributed by atoms with Gasteiger partial charge in [0.25, 0.3) is 0 Å². The lowest BCUT2D eigenvalue weighted by atomic mass is 10.2. The summed E-state index contributed by atoms with van der Waals surface area (Å²) in [7, 11) is 1.62. The predicted octanol–water partition coefficient (Wildman–Crippen LogP) is 3.29. The molecule has 0 saturated heterocycles. The Labute approximate surface area is 123 Å². The van der Waals surface area contributed by atoms with Gasteiger partial charge in [0.15, 0.2) is 0 Å². The van der Waals surface area contributed by atoms with Crippen molar-refractivity contribution in [3.8, 4) is 11.6 Å². The number of nitrogens with zero attached hydrogens (tertiary/aromatic N) is 3. The van der Waals surface area contributed by atoms with Crippen molar-refractivity contribution in [2.75, 3.05) is 12.4 Å². The maximum Gasteiger partial charge on any atom is 0.349 e. The fraction of sp³-hybridized carbons (Fsp3) is 0.167. The fourth-order valence-electron chi connectivity index (χ4n) is 1.47. The summed E-state index contributed by atoms with van der Waals surface area (Å²) >= 11 is 3.35. The molecule has 0 radical (unpaired) electrons. The lowest BCUT2D eigenvalue weighted by Crippen LogP contribution is -2.02. The third-order valence-corrected chi connectivity index (χ3v) is 3.07. The maximum atomic E-state index is 11.0. The van der Waals surface area contributed by atoms with Crippen molar-refractivity contribution in [2.24, 2.45) is 0 Å². The molecule has 0 aliphatic carbocycles. The summed E-state index contributed by atoms with van der Waals surface area (Å²) in [6, 6.07) is 5.40. The number of halogens is 1. The van der Waals surface area contributed by atoms with Crippen LogP contribution in [0.25, 0.3) is 0 Å². The third kappa shape index (κ3) is 3.02. The first-order valence-corrected chi connectivity index (χ1v) is 6.43. The van der Waals surface area contributed by atoms with Gasteiger partial charge in [-0.3, -0.25) is 10.1 Å². The van der Waals surface area contributed by atoms with E-state index in [2.05, 4.69) is 31.2 Å². The highest BCUT2D eigenvalue weighted by molar-refractivity contribution is 9.10. The molecule has 2 aromatic rings. The number of hydrogen-bond acceptors (Lipinski definition) is 6. The Balaban J connectivity index is 2.43. The van der Waals surface area contributed by atoms with E-state index in [0.717, 1.165) is 11.8 Å². The molecule has 0 unspecified atom stereocenters. The minimum absolute atomic E-state index is 0.112. The summed E-state index contributed by atoms with van der Waals surface area (Å²) in [6.07, 6.45) is 1.11. The SMILES string of the molecule is CNc1ncc([N+](=O)[O-])c(Oc2ccc(C)cc2Br)n1. The van der Waals surface area contributed by atoms with E-state index in [1.807, 2.05) is 19.1 Å². The third-order valence-electron chi connectivity index (χ3n) is 2.45. The van der Waals surface area contributed by atoms with Crippen LogP contribution in [-0.2, 0) is 0 Å². The fourth-order valence-corrected chi connectivity index (χ4v) is 2.05. The van der Waals surface area contributed by atoms with Crippen molar-refractivity contribution in [1.29, 1.82) is 0 Å². The second kappa shape index (κ2) is 5.83. The standard InChI is InChI=1S/C12H11BrN4O3/c1-7-3-4-10(8(13)5-7)20-11-9(17(18)19)6-15-12(14-2)16-11/h3-6H,1-2H3,(H,14,15,16). The summed E-state index contributed by atoms with van der Waals surface area (Å²) in [5.41, 5.74) is 0.744. The Kier molecular flexibility index (Phi) is 4.14. The Morgan fingerprint density at radius 2 is 2.20 bits per heavy atom. The van der Waals surface area contributed by atoms with Gasteiger partial charge >= 0.3 is 11.6 Å². The molecular formula is C12H11BrN4O3. The largest absolute Gasteiger partial charge is 0.432 e. The van der Waals surface area contributed by atoms with E-state index in [-0.39, 0.29) is 17.5 Å². The van der Waals surface area contributed by atoms with Crippen LogP contribution in [0.5, 0.6) is 11.6 Å². The van der Waals surface area contributed by atoms with Crippen molar-refractivity contribution in [1.82, 2.24) is 9.97 Å². The number of benzene rings is 1. The lowest BCUT2D eigenvalue weighted by Gasteiger charge is -2.08. The molecule has 0 aliphatic heterocycles. The molecule has 0 fully saturated rings. The van der Waals surface area contributed by atoms with E-state index in [1.165, 1.54) is 0 Å². The molecule has 1 aromatic carbocycles. The van der Waals surface area contributed by atoms with E-state index >= 15 is 0 Å². The Hall–Kier alpha value is -2.22. The molecule has 0 bridgehead atoms. The zero-order valence-electron chi connectivity index (χ0n) is 10.8. The molecule has 0 spiro atoms. The number of aryl methyl sites for hydroxylation is 1. The summed E-state index contributed by atoms with van der Waals surface area (Å²) in [4.78, 5) is 18.1. The summed E-state index contributed by atoms with van der Waals surface area (Å²) in [5.74, 6) is 0.576. The molecule has 1 aromatic heterocycles. The van der Waals surface area contributed by atoms with Crippen molar-refractivity contribution in [2.45, 2.75) is 6.92 Å². The van der Waals surface area contributed by atoms with E-state index in [4.69, 9.17) is 4.74 Å². The van der Waals surface area contributed by atoms with Crippen LogP contribution in [0.2, 0.25) is 0 Å². The van der Waals surface area contributed by atoms with Crippen LogP contribution in [0.1, 0.15) is 5.56 Å². The number of nitro groups is 1. The van der Waals surface area contributed by atoms with Crippen molar-refractivity contribution in [3.63, 3.8) is 0 Å². The molecule has 7 nitrogen and oxygen atoms in total. The van der Waals surface area contributed by atoms with E-state index < -0.39 is 4.92 Å². The van der Waals surface area contributed by atoms with Gasteiger partial charge in [0.2, 0.25) is 5.95 Å². The van der Waals surface area contributed by atoms with Crippen LogP contribution in [0, 0.1) is 17.0 Å². The van der Waals surface area contributed by atoms with E-state index in [0.29, 0.717) is 10.2 Å². The Morgan fingerprint density at radius 3 is 2.80 bits per heavy atom. The quantitative estimate of drug-likeness (QED) is 0.679. The first kappa shape index (κ1) is 14.2. The number of hydrogen-bond donors (Lipinski definition) is 1. The molecule has 2 rings (SSSR count). The van der Waals surface area contributed by atoms with Crippen LogP contribution < -0.4 is 10.1 Å². The van der Waals surface area contributed by atoms with Crippen molar-refractivity contribution >= 4 is 27.6 Å². The Bertz CT molecular complexity index is 663. The average Bonchev–Trinajstić information content (AvgIpc) is 2.41. The molecule has 20 heavy (non-hydrogen) atoms. The van der Waals surface area contributed by atoms with Crippen LogP contribution in [0.15, 0.2) is 28.9 Å². The second-order valence-electron chi connectivity index (χ2n) is 3.93. The Morgan fingerprint density at radius 1 is 1.45 bits per heavy atom. The van der Waals surface area contributed by atoms with Crippen LogP contribution in [-0.4, -0.2) is 21.9 Å². The molecule has 104 valence electrons. The molecule has 1 heterocycles. The number of rotatable bonds is 4. The van der Waals surface area contributed by atoms with Crippen LogP contribution in [0.4, 0.5) is 11.6 Å². The monoisotopic (exact) mass is 338 g/mol. The van der Waals surface area contributed by atoms with Gasteiger partial charge in [0, 0.05) is 7.05 Å². The summed E-state index contributed by atoms with van der Waals surface area (Å²) in [5, 5.41) is 13.7. The van der Waals surface area contributed by atoms with Gasteiger partial charge in [0.05, 0.1) is 9.40 Å². The molecule has 0 aliphatic rings. The van der Waals surface area contributed by atoms with Gasteiger partial charge < -0.3 is 10.1 Å². The minimum Gasteiger partial charge on any atom is -0.432 e. The molecule has 0 atom stereocenters. The maximum absolute atomic E-state index is 11.0. The van der Waals surface area contributed by atoms with Gasteiger partial charge in [-0.1, -0.05) is 6.07 Å². The van der Waals surface area contributed by atoms with Gasteiger partial charge in [0.1, 0.15) is 11.9 Å². The second-order valence-corrected chi connectivity index (χ2v) is 4.78. The molecule has 0 amide bonds. The normalized spacial score (nSPS) is 10.2. The van der Waals surface area contributed by atoms with Crippen LogP contribution in [0.3, 0.4) is 0 Å². The minimum atomic E-state index is -0.586. The highest BCUT2D eigenvalue weighted by atomic mass is 79.9. The summed E-state index contributed by atoms with van der Waals surface area (Å²) in [6.45, 7) is 1.93. The first-order valence-electron chi connectivity index (χ1n) is 5.64. The van der Waals surface area contributed by atoms with Gasteiger partial charge in [-0.25, -0.2) is 4.98 Å². The number of anilines is 1. The van der Waals surface area contributed by atoms with Crippen LogP contribution >= 0.6 is 15.9 Å². The molecule has 1 N–H and O–H groups in total. The molecule has 8 heteroatoms. The van der Waals surface area contributed by atoms with E-state index in [9.17, 15) is 10.1 Å². The number of nitrogens with one attached hydrogen (secondary N) is 1. The van der Waals surface area contributed by atoms with E-state index in [1.54, 1.807) is 13.1 Å². The molecular weight excluding hydrogens is 328 g/mol. The summed E-state index contributed by atoms with van der Waals surface area (Å²) < 4.78 is 6.21. The predicted molar refractivity (Wildman–Crippen MR) is 77.2 cm³/mol. The molecule has 0 saturated carbocycles. The van der Waals surface area contributed by atoms with Gasteiger partial charge in [-0.05, 0) is 40.5 Å². The first-order chi connectivity index (χ1) is 9.51. The topological polar surface area (TPSA) is 90.2 Å². The number of aromatic nitrogens is 2. The highest BCUT2D eigenvalue weighted by Crippen LogP contribution is 2.34. The van der Waals surface area contributed by atoms with Crippen molar-refractivity contribution in [3.05, 3.63) is 44.5 Å². The van der Waals surface area contributed by atoms with Crippen molar-refractivity contribution < 1.29 is 9.66 Å². The van der Waals surface area contributed by atoms with Gasteiger partial charge in [-0.2, -0.15) is 4.98 Å². The zero-order valence-corrected chi connectivity index (χ0v) is 12.3. The van der Waals surface area contributed by atoms with Gasteiger partial charge in [-0.15, -0.1) is 0 Å². The zero-order chi connectivity index (χ0) is 14.7. The number of ether oxygens (including phenoxy) is 1.